The van der Waals surface area contributed by atoms with Gasteiger partial charge in [0.2, 0.25) is 0 Å². The van der Waals surface area contributed by atoms with Crippen LogP contribution < -0.4 is 0 Å². The molecule has 0 N–H and O–H groups in total. The van der Waals surface area contributed by atoms with Gasteiger partial charge in [-0.15, -0.1) is 0 Å². The fourth-order valence-corrected chi connectivity index (χ4v) is 3.40. The molecule has 0 radical (unpaired) electrons. The molecule has 5 heteroatoms. The summed E-state index contributed by atoms with van der Waals surface area (Å²) in [7, 11) is -3.37. The Morgan fingerprint density at radius 1 is 1.24 bits per heavy atom. The molecule has 0 aliphatic heterocycles. The molecular formula is C12H23O4P. The first-order chi connectivity index (χ1) is 8.15. The lowest BCUT2D eigenvalue weighted by Crippen LogP contribution is -2.24. The van der Waals surface area contributed by atoms with E-state index in [0.717, 1.165) is 19.3 Å². The summed E-state index contributed by atoms with van der Waals surface area (Å²) in [5, 5.41) is 0. The van der Waals surface area contributed by atoms with E-state index in [2.05, 4.69) is 19.1 Å². The Morgan fingerprint density at radius 2 is 1.88 bits per heavy atom. The van der Waals surface area contributed by atoms with Crippen LogP contribution in [0.25, 0.3) is 0 Å². The van der Waals surface area contributed by atoms with E-state index >= 15 is 0 Å². The molecule has 0 fully saturated rings. The van der Waals surface area contributed by atoms with Gasteiger partial charge in [0.05, 0.1) is 19.3 Å². The minimum absolute atomic E-state index is 0.0612. The van der Waals surface area contributed by atoms with Crippen LogP contribution in [0.2, 0.25) is 0 Å². The van der Waals surface area contributed by atoms with E-state index in [4.69, 9.17) is 13.6 Å². The zero-order valence-corrected chi connectivity index (χ0v) is 11.8. The molecule has 0 heterocycles. The third-order valence-corrected chi connectivity index (χ3v) is 4.47. The van der Waals surface area contributed by atoms with Gasteiger partial charge in [0.1, 0.15) is 0 Å². The summed E-state index contributed by atoms with van der Waals surface area (Å²) in [5.74, 6) is 0.304. The summed E-state index contributed by atoms with van der Waals surface area (Å²) in [5.41, 5.74) is 0. The third-order valence-electron chi connectivity index (χ3n) is 2.79. The Labute approximate surface area is 104 Å². The monoisotopic (exact) mass is 262 g/mol. The lowest BCUT2D eigenvalue weighted by molar-refractivity contribution is 0.0576. The van der Waals surface area contributed by atoms with Gasteiger partial charge in [0.25, 0.3) is 0 Å². The van der Waals surface area contributed by atoms with E-state index in [1.54, 1.807) is 13.8 Å². The van der Waals surface area contributed by atoms with E-state index in [0.29, 0.717) is 19.1 Å². The summed E-state index contributed by atoms with van der Waals surface area (Å²) in [6.45, 7) is 6.33. The summed E-state index contributed by atoms with van der Waals surface area (Å²) in [4.78, 5) is 0. The van der Waals surface area contributed by atoms with Gasteiger partial charge in [-0.1, -0.05) is 19.1 Å². The number of allylic oxidation sites excluding steroid dienone is 1. The Bertz CT molecular complexity index is 280. The van der Waals surface area contributed by atoms with Gasteiger partial charge in [0.15, 0.2) is 0 Å². The van der Waals surface area contributed by atoms with Crippen molar-refractivity contribution in [3.8, 4) is 0 Å². The smallest absolute Gasteiger partial charge is 0.287 e. The molecule has 0 spiro atoms. The number of rotatable bonds is 7. The lowest BCUT2D eigenvalue weighted by atomic mass is 9.91. The van der Waals surface area contributed by atoms with Crippen LogP contribution in [-0.2, 0) is 18.1 Å². The first kappa shape index (κ1) is 14.9. The molecule has 4 nitrogen and oxygen atoms in total. The van der Waals surface area contributed by atoms with E-state index in [-0.39, 0.29) is 6.10 Å². The number of hydrogen-bond donors (Lipinski definition) is 0. The van der Waals surface area contributed by atoms with Gasteiger partial charge in [-0.25, -0.2) is 4.57 Å². The highest BCUT2D eigenvalue weighted by Crippen LogP contribution is 2.52. The quantitative estimate of drug-likeness (QED) is 0.515. The number of hydrogen-bond acceptors (Lipinski definition) is 4. The first-order valence-electron chi connectivity index (χ1n) is 6.39. The second-order valence-corrected chi connectivity index (χ2v) is 5.63. The van der Waals surface area contributed by atoms with Crippen molar-refractivity contribution in [2.45, 2.75) is 46.1 Å². The predicted octanol–water partition coefficient (Wildman–Crippen LogP) is 3.93. The maximum absolute atomic E-state index is 12.3. The fourth-order valence-electron chi connectivity index (χ4n) is 1.98. The van der Waals surface area contributed by atoms with Gasteiger partial charge >= 0.3 is 7.82 Å². The zero-order chi connectivity index (χ0) is 12.7. The number of phosphoric ester groups is 1. The van der Waals surface area contributed by atoms with E-state index in [1.807, 2.05) is 0 Å². The summed E-state index contributed by atoms with van der Waals surface area (Å²) >= 11 is 0. The molecule has 0 unspecified atom stereocenters. The molecule has 0 bridgehead atoms. The van der Waals surface area contributed by atoms with E-state index < -0.39 is 7.82 Å². The summed E-state index contributed by atoms with van der Waals surface area (Å²) < 4.78 is 28.2. The Balaban J connectivity index is 2.65. The molecule has 1 aliphatic rings. The van der Waals surface area contributed by atoms with Crippen LogP contribution in [0.4, 0.5) is 0 Å². The van der Waals surface area contributed by atoms with Crippen LogP contribution >= 0.6 is 7.82 Å². The summed E-state index contributed by atoms with van der Waals surface area (Å²) in [6.07, 6.45) is 7.03. The highest BCUT2D eigenvalue weighted by Gasteiger charge is 2.33. The van der Waals surface area contributed by atoms with Gasteiger partial charge < -0.3 is 0 Å². The average molecular weight is 262 g/mol. The highest BCUT2D eigenvalue weighted by molar-refractivity contribution is 7.48. The topological polar surface area (TPSA) is 44.8 Å². The molecule has 0 aromatic heterocycles. The highest BCUT2D eigenvalue weighted by atomic mass is 31.2. The summed E-state index contributed by atoms with van der Waals surface area (Å²) in [6, 6.07) is 0. The van der Waals surface area contributed by atoms with Crippen molar-refractivity contribution >= 4 is 7.82 Å². The molecule has 0 aromatic carbocycles. The zero-order valence-electron chi connectivity index (χ0n) is 10.9. The lowest BCUT2D eigenvalue weighted by Gasteiger charge is -2.29. The minimum atomic E-state index is -3.37. The molecule has 0 saturated carbocycles. The predicted molar refractivity (Wildman–Crippen MR) is 67.9 cm³/mol. The molecule has 17 heavy (non-hydrogen) atoms. The van der Waals surface area contributed by atoms with Crippen molar-refractivity contribution in [2.75, 3.05) is 13.2 Å². The van der Waals surface area contributed by atoms with Crippen molar-refractivity contribution in [1.29, 1.82) is 0 Å². The Kier molecular flexibility index (Phi) is 6.42. The van der Waals surface area contributed by atoms with Gasteiger partial charge in [-0.3, -0.25) is 13.6 Å². The first-order valence-corrected chi connectivity index (χ1v) is 7.85. The Morgan fingerprint density at radius 3 is 2.41 bits per heavy atom. The van der Waals surface area contributed by atoms with Crippen molar-refractivity contribution in [3.05, 3.63) is 12.2 Å². The van der Waals surface area contributed by atoms with Crippen LogP contribution in [0.5, 0.6) is 0 Å². The molecule has 2 atom stereocenters. The maximum atomic E-state index is 12.3. The minimum Gasteiger partial charge on any atom is -0.287 e. The average Bonchev–Trinajstić information content (AvgIpc) is 2.30. The van der Waals surface area contributed by atoms with Gasteiger partial charge in [-0.2, -0.15) is 0 Å². The Hall–Kier alpha value is -0.150. The second-order valence-electron chi connectivity index (χ2n) is 4.00. The standard InChI is InChI=1S/C12H23O4P/c1-4-11-9-7-8-10-12(11)16-17(13,14-5-2)15-6-3/h7,9,11-12H,4-6,8,10H2,1-3H3/t11-,12-/m1/s1. The van der Waals surface area contributed by atoms with E-state index in [1.165, 1.54) is 0 Å². The number of phosphoric acid groups is 1. The van der Waals surface area contributed by atoms with Crippen molar-refractivity contribution in [3.63, 3.8) is 0 Å². The normalized spacial score (nSPS) is 25.1. The fraction of sp³-hybridized carbons (Fsp3) is 0.833. The molecular weight excluding hydrogens is 239 g/mol. The molecule has 0 amide bonds. The molecule has 0 aromatic rings. The maximum Gasteiger partial charge on any atom is 0.475 e. The van der Waals surface area contributed by atoms with Crippen molar-refractivity contribution in [1.82, 2.24) is 0 Å². The molecule has 0 saturated heterocycles. The SMILES string of the molecule is CCOP(=O)(OCC)O[C@@H]1CCC=C[C@H]1CC. The van der Waals surface area contributed by atoms with Crippen LogP contribution in [0.15, 0.2) is 12.2 Å². The molecule has 1 aliphatic carbocycles. The molecule has 100 valence electrons. The molecule has 1 rings (SSSR count). The van der Waals surface area contributed by atoms with Crippen molar-refractivity contribution in [2.24, 2.45) is 5.92 Å². The van der Waals surface area contributed by atoms with Crippen molar-refractivity contribution < 1.29 is 18.1 Å². The van der Waals surface area contributed by atoms with Crippen LogP contribution in [0.1, 0.15) is 40.0 Å². The van der Waals surface area contributed by atoms with Gasteiger partial charge in [0, 0.05) is 5.92 Å². The van der Waals surface area contributed by atoms with Crippen LogP contribution in [-0.4, -0.2) is 19.3 Å². The van der Waals surface area contributed by atoms with Gasteiger partial charge in [-0.05, 0) is 33.1 Å². The third kappa shape index (κ3) is 4.55. The second kappa shape index (κ2) is 7.32. The van der Waals surface area contributed by atoms with Crippen LogP contribution in [0.3, 0.4) is 0 Å². The largest absolute Gasteiger partial charge is 0.475 e. The van der Waals surface area contributed by atoms with E-state index in [9.17, 15) is 4.57 Å². The van der Waals surface area contributed by atoms with Crippen LogP contribution in [0, 0.1) is 5.92 Å².